The average Bonchev–Trinajstić information content (AvgIpc) is 2.70. The Labute approximate surface area is 145 Å². The molecule has 2 aromatic carbocycles. The first-order valence-corrected chi connectivity index (χ1v) is 7.93. The van der Waals surface area contributed by atoms with Gasteiger partial charge in [0, 0.05) is 22.5 Å². The van der Waals surface area contributed by atoms with Crippen LogP contribution in [0.25, 0.3) is 10.8 Å². The Balaban J connectivity index is 1.77. The Bertz CT molecular complexity index is 967. The minimum absolute atomic E-state index is 0.613. The van der Waals surface area contributed by atoms with Gasteiger partial charge in [0.1, 0.15) is 5.71 Å². The van der Waals surface area contributed by atoms with E-state index in [1.165, 1.54) is 0 Å². The second kappa shape index (κ2) is 6.88. The molecule has 120 valence electrons. The molecule has 1 N–H and O–H groups in total. The second-order valence-electron chi connectivity index (χ2n) is 5.43. The molecule has 0 unspecified atom stereocenters. The average molecular weight is 325 g/mol. The molecule has 0 fully saturated rings. The summed E-state index contributed by atoms with van der Waals surface area (Å²) in [5.74, 6) is 0.613. The second-order valence-corrected chi connectivity index (χ2v) is 5.43. The molecular weight excluding hydrogens is 310 g/mol. The van der Waals surface area contributed by atoms with Crippen molar-refractivity contribution in [1.82, 2.24) is 15.2 Å². The first kappa shape index (κ1) is 15.0. The summed E-state index contributed by atoms with van der Waals surface area (Å²) >= 11 is 0. The molecule has 0 aliphatic carbocycles. The molecule has 5 heteroatoms. The van der Waals surface area contributed by atoms with E-state index in [1.807, 2.05) is 72.8 Å². The number of anilines is 1. The van der Waals surface area contributed by atoms with Crippen LogP contribution >= 0.6 is 0 Å². The first-order valence-electron chi connectivity index (χ1n) is 7.93. The number of hydrazone groups is 1. The van der Waals surface area contributed by atoms with Crippen molar-refractivity contribution in [1.29, 1.82) is 0 Å². The highest BCUT2D eigenvalue weighted by molar-refractivity contribution is 6.12. The zero-order valence-electron chi connectivity index (χ0n) is 13.4. The standard InChI is InChI=1S/C20H15N5/c1-2-8-15(9-3-1)19(18-12-6-7-13-21-18)23-25-20-17-11-5-4-10-16(17)14-22-24-20/h1-14H,(H,24,25)/b23-19+. The summed E-state index contributed by atoms with van der Waals surface area (Å²) in [6.07, 6.45) is 3.49. The fourth-order valence-corrected chi connectivity index (χ4v) is 2.59. The zero-order valence-corrected chi connectivity index (χ0v) is 13.4. The number of nitrogens with one attached hydrogen (secondary N) is 1. The summed E-state index contributed by atoms with van der Waals surface area (Å²) in [6.45, 7) is 0. The lowest BCUT2D eigenvalue weighted by molar-refractivity contribution is 1.04. The number of hydrogen-bond donors (Lipinski definition) is 1. The lowest BCUT2D eigenvalue weighted by Crippen LogP contribution is -2.09. The largest absolute Gasteiger partial charge is 0.259 e. The van der Waals surface area contributed by atoms with E-state index < -0.39 is 0 Å². The van der Waals surface area contributed by atoms with Gasteiger partial charge in [-0.3, -0.25) is 10.4 Å². The molecule has 0 amide bonds. The third kappa shape index (κ3) is 3.21. The third-order valence-electron chi connectivity index (χ3n) is 3.80. The third-order valence-corrected chi connectivity index (χ3v) is 3.80. The fourth-order valence-electron chi connectivity index (χ4n) is 2.59. The number of pyridine rings is 1. The van der Waals surface area contributed by atoms with Gasteiger partial charge in [0.25, 0.3) is 0 Å². The van der Waals surface area contributed by atoms with Crippen LogP contribution in [0.2, 0.25) is 0 Å². The van der Waals surface area contributed by atoms with E-state index in [0.717, 1.165) is 27.7 Å². The van der Waals surface area contributed by atoms with Crippen LogP contribution < -0.4 is 5.43 Å². The van der Waals surface area contributed by atoms with E-state index in [0.29, 0.717) is 5.82 Å². The molecule has 0 atom stereocenters. The molecule has 0 spiro atoms. The Morgan fingerprint density at radius 2 is 1.64 bits per heavy atom. The maximum absolute atomic E-state index is 4.59. The number of aromatic nitrogens is 3. The highest BCUT2D eigenvalue weighted by Gasteiger charge is 2.09. The highest BCUT2D eigenvalue weighted by Crippen LogP contribution is 2.19. The van der Waals surface area contributed by atoms with E-state index in [9.17, 15) is 0 Å². The molecule has 0 saturated carbocycles. The number of hydrogen-bond acceptors (Lipinski definition) is 5. The van der Waals surface area contributed by atoms with Gasteiger partial charge in [-0.25, -0.2) is 0 Å². The molecular formula is C20H15N5. The quantitative estimate of drug-likeness (QED) is 0.457. The van der Waals surface area contributed by atoms with Gasteiger partial charge >= 0.3 is 0 Å². The summed E-state index contributed by atoms with van der Waals surface area (Å²) in [4.78, 5) is 4.42. The van der Waals surface area contributed by atoms with Crippen molar-refractivity contribution in [3.63, 3.8) is 0 Å². The number of rotatable bonds is 4. The number of benzene rings is 2. The molecule has 2 heterocycles. The number of nitrogens with zero attached hydrogens (tertiary/aromatic N) is 4. The molecule has 0 aliphatic heterocycles. The van der Waals surface area contributed by atoms with Crippen LogP contribution in [0.15, 0.2) is 90.3 Å². The van der Waals surface area contributed by atoms with Crippen LogP contribution in [0.5, 0.6) is 0 Å². The smallest absolute Gasteiger partial charge is 0.176 e. The van der Waals surface area contributed by atoms with Crippen LogP contribution in [0.3, 0.4) is 0 Å². The maximum Gasteiger partial charge on any atom is 0.176 e. The lowest BCUT2D eigenvalue weighted by Gasteiger charge is -2.08. The Hall–Kier alpha value is -3.60. The predicted octanol–water partition coefficient (Wildman–Crippen LogP) is 3.89. The van der Waals surface area contributed by atoms with E-state index in [-0.39, 0.29) is 0 Å². The molecule has 25 heavy (non-hydrogen) atoms. The van der Waals surface area contributed by atoms with Crippen molar-refractivity contribution in [3.8, 4) is 0 Å². The molecule has 0 bridgehead atoms. The zero-order chi connectivity index (χ0) is 16.9. The first-order chi connectivity index (χ1) is 12.4. The van der Waals surface area contributed by atoms with Gasteiger partial charge in [-0.05, 0) is 12.1 Å². The highest BCUT2D eigenvalue weighted by atomic mass is 15.3. The van der Waals surface area contributed by atoms with Crippen LogP contribution in [0.4, 0.5) is 5.82 Å². The van der Waals surface area contributed by atoms with Crippen LogP contribution in [0.1, 0.15) is 11.3 Å². The predicted molar refractivity (Wildman–Crippen MR) is 99.5 cm³/mol. The van der Waals surface area contributed by atoms with E-state index >= 15 is 0 Å². The van der Waals surface area contributed by atoms with Gasteiger partial charge in [-0.1, -0.05) is 60.7 Å². The topological polar surface area (TPSA) is 63.1 Å². The fraction of sp³-hybridized carbons (Fsp3) is 0. The molecule has 0 saturated heterocycles. The summed E-state index contributed by atoms with van der Waals surface area (Å²) < 4.78 is 0. The minimum Gasteiger partial charge on any atom is -0.259 e. The lowest BCUT2D eigenvalue weighted by atomic mass is 10.1. The molecule has 0 radical (unpaired) electrons. The van der Waals surface area contributed by atoms with Crippen LogP contribution in [-0.2, 0) is 0 Å². The summed E-state index contributed by atoms with van der Waals surface area (Å²) in [5, 5.41) is 14.8. The molecule has 4 aromatic rings. The monoisotopic (exact) mass is 325 g/mol. The van der Waals surface area contributed by atoms with Crippen molar-refractivity contribution in [2.24, 2.45) is 5.10 Å². The van der Waals surface area contributed by atoms with Gasteiger partial charge in [-0.2, -0.15) is 10.2 Å². The molecule has 2 aromatic heterocycles. The molecule has 0 aliphatic rings. The molecule has 5 nitrogen and oxygen atoms in total. The van der Waals surface area contributed by atoms with Crippen molar-refractivity contribution in [2.45, 2.75) is 0 Å². The Morgan fingerprint density at radius 1 is 0.840 bits per heavy atom. The summed E-state index contributed by atoms with van der Waals surface area (Å²) in [5.41, 5.74) is 5.57. The molecule has 4 rings (SSSR count). The van der Waals surface area contributed by atoms with Gasteiger partial charge in [0.05, 0.1) is 11.9 Å². The summed E-state index contributed by atoms with van der Waals surface area (Å²) in [7, 11) is 0. The van der Waals surface area contributed by atoms with Gasteiger partial charge in [0.2, 0.25) is 0 Å². The Kier molecular flexibility index (Phi) is 4.12. The van der Waals surface area contributed by atoms with Gasteiger partial charge in [-0.15, -0.1) is 5.10 Å². The minimum atomic E-state index is 0.613. The van der Waals surface area contributed by atoms with Crippen LogP contribution in [0, 0.1) is 0 Å². The van der Waals surface area contributed by atoms with E-state index in [1.54, 1.807) is 12.4 Å². The Morgan fingerprint density at radius 3 is 2.48 bits per heavy atom. The SMILES string of the molecule is c1ccc(/C(=N\Nc2nncc3ccccc23)c2ccccn2)cc1. The van der Waals surface area contributed by atoms with Crippen molar-refractivity contribution >= 4 is 22.3 Å². The van der Waals surface area contributed by atoms with Gasteiger partial charge < -0.3 is 0 Å². The number of fused-ring (bicyclic) bond motifs is 1. The van der Waals surface area contributed by atoms with E-state index in [4.69, 9.17) is 0 Å². The van der Waals surface area contributed by atoms with Crippen molar-refractivity contribution in [2.75, 3.05) is 5.43 Å². The van der Waals surface area contributed by atoms with Crippen molar-refractivity contribution in [3.05, 3.63) is 96.4 Å². The van der Waals surface area contributed by atoms with E-state index in [2.05, 4.69) is 25.7 Å². The van der Waals surface area contributed by atoms with Crippen molar-refractivity contribution < 1.29 is 0 Å². The maximum atomic E-state index is 4.59. The van der Waals surface area contributed by atoms with Crippen LogP contribution in [-0.4, -0.2) is 20.9 Å². The summed E-state index contributed by atoms with van der Waals surface area (Å²) in [6, 6.07) is 23.6. The normalized spacial score (nSPS) is 11.4. The van der Waals surface area contributed by atoms with Gasteiger partial charge in [0.15, 0.2) is 5.82 Å².